The van der Waals surface area contributed by atoms with Gasteiger partial charge in [-0.1, -0.05) is 13.8 Å². The molecule has 1 fully saturated rings. The number of hydrogen-bond acceptors (Lipinski definition) is 2. The second-order valence-corrected chi connectivity index (χ2v) is 6.15. The molecular weight excluding hydrogens is 281 g/mol. The quantitative estimate of drug-likeness (QED) is 0.904. The zero-order chi connectivity index (χ0) is 15.8. The highest BCUT2D eigenvalue weighted by Gasteiger charge is 2.35. The third-order valence-corrected chi connectivity index (χ3v) is 3.81. The van der Waals surface area contributed by atoms with E-state index >= 15 is 0 Å². The normalized spacial score (nSPS) is 17.9. The molecule has 1 aliphatic rings. The predicted molar refractivity (Wildman–Crippen MR) is 75.3 cm³/mol. The molecule has 1 N–H and O–H groups in total. The highest BCUT2D eigenvalue weighted by atomic mass is 19.4. The summed E-state index contributed by atoms with van der Waals surface area (Å²) in [5.41, 5.74) is -0.303. The van der Waals surface area contributed by atoms with Crippen molar-refractivity contribution in [2.45, 2.75) is 26.4 Å². The second-order valence-electron chi connectivity index (χ2n) is 6.15. The van der Waals surface area contributed by atoms with E-state index in [1.807, 2.05) is 13.8 Å². The van der Waals surface area contributed by atoms with Gasteiger partial charge in [0.2, 0.25) is 0 Å². The second kappa shape index (κ2) is 5.24. The first-order valence-corrected chi connectivity index (χ1v) is 6.82. The van der Waals surface area contributed by atoms with Crippen LogP contribution in [0, 0.1) is 5.41 Å². The molecule has 0 bridgehead atoms. The molecule has 116 valence electrons. The van der Waals surface area contributed by atoms with Crippen molar-refractivity contribution in [3.63, 3.8) is 0 Å². The van der Waals surface area contributed by atoms with Crippen LogP contribution >= 0.6 is 0 Å². The summed E-state index contributed by atoms with van der Waals surface area (Å²) < 4.78 is 38.5. The van der Waals surface area contributed by atoms with Crippen LogP contribution in [0.4, 0.5) is 18.9 Å². The van der Waals surface area contributed by atoms with Crippen LogP contribution < -0.4 is 5.32 Å². The molecule has 0 unspecified atom stereocenters. The molecule has 0 radical (unpaired) electrons. The Morgan fingerprint density at radius 3 is 2.48 bits per heavy atom. The maximum atomic E-state index is 12.8. The minimum Gasteiger partial charge on any atom is -0.387 e. The number of nitrogens with zero attached hydrogens (tertiary/aromatic N) is 1. The van der Waals surface area contributed by atoms with Gasteiger partial charge in [0.05, 0.1) is 11.1 Å². The Balaban J connectivity index is 2.35. The first kappa shape index (κ1) is 15.7. The standard InChI is InChI=1S/C15H19F3N2O/c1-14(2)6-7-20(9-14)13(21)11-8-10(15(16,17)18)4-5-12(11)19-3/h4-5,8,19H,6-7,9H2,1-3H3. The van der Waals surface area contributed by atoms with Gasteiger partial charge in [0, 0.05) is 25.8 Å². The number of carbonyl (C=O) groups excluding carboxylic acids is 1. The van der Waals surface area contributed by atoms with E-state index in [1.54, 1.807) is 11.9 Å². The Bertz CT molecular complexity index is 552. The third kappa shape index (κ3) is 3.31. The number of alkyl halides is 3. The first-order chi connectivity index (χ1) is 9.64. The highest BCUT2D eigenvalue weighted by molar-refractivity contribution is 6.00. The van der Waals surface area contributed by atoms with E-state index in [0.29, 0.717) is 18.8 Å². The van der Waals surface area contributed by atoms with Crippen molar-refractivity contribution < 1.29 is 18.0 Å². The molecule has 1 aliphatic heterocycles. The Kier molecular flexibility index (Phi) is 3.91. The zero-order valence-electron chi connectivity index (χ0n) is 12.3. The van der Waals surface area contributed by atoms with Gasteiger partial charge < -0.3 is 10.2 Å². The van der Waals surface area contributed by atoms with Crippen LogP contribution in [0.1, 0.15) is 36.2 Å². The van der Waals surface area contributed by atoms with Crippen molar-refractivity contribution in [1.82, 2.24) is 4.90 Å². The summed E-state index contributed by atoms with van der Waals surface area (Å²) in [5, 5.41) is 2.78. The van der Waals surface area contributed by atoms with Crippen LogP contribution in [-0.4, -0.2) is 30.9 Å². The van der Waals surface area contributed by atoms with Crippen molar-refractivity contribution in [1.29, 1.82) is 0 Å². The van der Waals surface area contributed by atoms with E-state index in [0.717, 1.165) is 18.6 Å². The van der Waals surface area contributed by atoms with Crippen LogP contribution in [-0.2, 0) is 6.18 Å². The number of hydrogen-bond donors (Lipinski definition) is 1. The van der Waals surface area contributed by atoms with Crippen molar-refractivity contribution in [3.05, 3.63) is 29.3 Å². The Morgan fingerprint density at radius 2 is 2.00 bits per heavy atom. The molecule has 1 aromatic carbocycles. The van der Waals surface area contributed by atoms with Crippen LogP contribution in [0.3, 0.4) is 0 Å². The van der Waals surface area contributed by atoms with E-state index in [1.165, 1.54) is 6.07 Å². The van der Waals surface area contributed by atoms with E-state index in [-0.39, 0.29) is 16.9 Å². The molecule has 0 atom stereocenters. The molecule has 1 heterocycles. The monoisotopic (exact) mass is 300 g/mol. The lowest BCUT2D eigenvalue weighted by atomic mass is 9.93. The SMILES string of the molecule is CNc1ccc(C(F)(F)F)cc1C(=O)N1CCC(C)(C)C1. The smallest absolute Gasteiger partial charge is 0.387 e. The summed E-state index contributed by atoms with van der Waals surface area (Å²) in [6.07, 6.45) is -3.60. The molecule has 0 aliphatic carbocycles. The maximum Gasteiger partial charge on any atom is 0.416 e. The number of nitrogens with one attached hydrogen (secondary N) is 1. The third-order valence-electron chi connectivity index (χ3n) is 3.81. The van der Waals surface area contributed by atoms with E-state index in [2.05, 4.69) is 5.32 Å². The van der Waals surface area contributed by atoms with Crippen LogP contribution in [0.2, 0.25) is 0 Å². The Hall–Kier alpha value is -1.72. The largest absolute Gasteiger partial charge is 0.416 e. The lowest BCUT2D eigenvalue weighted by Crippen LogP contribution is -2.31. The van der Waals surface area contributed by atoms with E-state index in [9.17, 15) is 18.0 Å². The number of rotatable bonds is 2. The fourth-order valence-corrected chi connectivity index (χ4v) is 2.57. The number of halogens is 3. The summed E-state index contributed by atoms with van der Waals surface area (Å²) in [4.78, 5) is 14.1. The topological polar surface area (TPSA) is 32.3 Å². The van der Waals surface area contributed by atoms with Crippen molar-refractivity contribution >= 4 is 11.6 Å². The minimum atomic E-state index is -4.45. The van der Waals surface area contributed by atoms with Gasteiger partial charge in [0.15, 0.2) is 0 Å². The molecule has 0 spiro atoms. The summed E-state index contributed by atoms with van der Waals surface area (Å²) in [6.45, 7) is 5.23. The molecule has 0 aromatic heterocycles. The summed E-state index contributed by atoms with van der Waals surface area (Å²) in [6, 6.07) is 3.22. The van der Waals surface area contributed by atoms with Gasteiger partial charge in [0.1, 0.15) is 0 Å². The van der Waals surface area contributed by atoms with Crippen LogP contribution in [0.25, 0.3) is 0 Å². The number of benzene rings is 1. The summed E-state index contributed by atoms with van der Waals surface area (Å²) >= 11 is 0. The lowest BCUT2D eigenvalue weighted by molar-refractivity contribution is -0.137. The zero-order valence-corrected chi connectivity index (χ0v) is 12.3. The van der Waals surface area contributed by atoms with Gasteiger partial charge in [-0.25, -0.2) is 0 Å². The van der Waals surface area contributed by atoms with E-state index < -0.39 is 11.7 Å². The molecule has 0 saturated carbocycles. The number of likely N-dealkylation sites (tertiary alicyclic amines) is 1. The Labute approximate surface area is 122 Å². The molecule has 2 rings (SSSR count). The molecule has 1 saturated heterocycles. The van der Waals surface area contributed by atoms with E-state index in [4.69, 9.17) is 0 Å². The fraction of sp³-hybridized carbons (Fsp3) is 0.533. The summed E-state index contributed by atoms with van der Waals surface area (Å²) in [5.74, 6) is -0.351. The molecular formula is C15H19F3N2O. The average molecular weight is 300 g/mol. The molecule has 21 heavy (non-hydrogen) atoms. The van der Waals surface area contributed by atoms with Crippen molar-refractivity contribution in [3.8, 4) is 0 Å². The number of anilines is 1. The van der Waals surface area contributed by atoms with Gasteiger partial charge >= 0.3 is 6.18 Å². The van der Waals surface area contributed by atoms with Gasteiger partial charge in [0.25, 0.3) is 5.91 Å². The maximum absolute atomic E-state index is 12.8. The Morgan fingerprint density at radius 1 is 1.33 bits per heavy atom. The van der Waals surface area contributed by atoms with Crippen molar-refractivity contribution in [2.75, 3.05) is 25.5 Å². The lowest BCUT2D eigenvalue weighted by Gasteiger charge is -2.21. The average Bonchev–Trinajstić information content (AvgIpc) is 2.76. The molecule has 1 amide bonds. The van der Waals surface area contributed by atoms with Crippen LogP contribution in [0.15, 0.2) is 18.2 Å². The van der Waals surface area contributed by atoms with Gasteiger partial charge in [-0.05, 0) is 30.0 Å². The van der Waals surface area contributed by atoms with Gasteiger partial charge in [-0.2, -0.15) is 13.2 Å². The molecule has 1 aromatic rings. The fourth-order valence-electron chi connectivity index (χ4n) is 2.57. The molecule has 3 nitrogen and oxygen atoms in total. The predicted octanol–water partition coefficient (Wildman–Crippen LogP) is 3.62. The first-order valence-electron chi connectivity index (χ1n) is 6.82. The van der Waals surface area contributed by atoms with Crippen molar-refractivity contribution in [2.24, 2.45) is 5.41 Å². The number of carbonyl (C=O) groups is 1. The molecule has 6 heteroatoms. The van der Waals surface area contributed by atoms with Gasteiger partial charge in [-0.15, -0.1) is 0 Å². The summed E-state index contributed by atoms with van der Waals surface area (Å²) in [7, 11) is 1.59. The highest BCUT2D eigenvalue weighted by Crippen LogP contribution is 2.34. The number of amides is 1. The van der Waals surface area contributed by atoms with Gasteiger partial charge in [-0.3, -0.25) is 4.79 Å². The van der Waals surface area contributed by atoms with Crippen LogP contribution in [0.5, 0.6) is 0 Å². The minimum absolute atomic E-state index is 0.0110.